The first-order valence-corrected chi connectivity index (χ1v) is 6.95. The van der Waals surface area contributed by atoms with Gasteiger partial charge in [0.2, 0.25) is 5.75 Å². The summed E-state index contributed by atoms with van der Waals surface area (Å²) in [6.07, 6.45) is 2.75. The fourth-order valence-corrected chi connectivity index (χ4v) is 2.27. The van der Waals surface area contributed by atoms with Gasteiger partial charge in [-0.15, -0.1) is 0 Å². The van der Waals surface area contributed by atoms with Crippen molar-refractivity contribution in [1.29, 1.82) is 0 Å². The molecule has 0 saturated carbocycles. The number of hydrogen-bond donors (Lipinski definition) is 3. The van der Waals surface area contributed by atoms with Gasteiger partial charge >= 0.3 is 5.97 Å². The molecule has 1 aromatic carbocycles. The predicted octanol–water partition coefficient (Wildman–Crippen LogP) is 3.10. The van der Waals surface area contributed by atoms with E-state index < -0.39 is 17.5 Å². The Morgan fingerprint density at radius 1 is 1.05 bits per heavy atom. The Morgan fingerprint density at radius 2 is 1.65 bits per heavy atom. The summed E-state index contributed by atoms with van der Waals surface area (Å²) >= 11 is 0. The van der Waals surface area contributed by atoms with E-state index in [9.17, 15) is 20.1 Å². The Bertz CT molecular complexity index is 494. The number of carboxylic acid groups (broad SMARTS) is 1. The summed E-state index contributed by atoms with van der Waals surface area (Å²) in [7, 11) is 0. The Balaban J connectivity index is 3.44. The normalized spacial score (nSPS) is 10.6. The average Bonchev–Trinajstić information content (AvgIpc) is 2.42. The number of aromatic carboxylic acids is 1. The van der Waals surface area contributed by atoms with Crippen molar-refractivity contribution in [3.63, 3.8) is 0 Å². The van der Waals surface area contributed by atoms with Gasteiger partial charge in [-0.25, -0.2) is 4.79 Å². The van der Waals surface area contributed by atoms with Crippen LogP contribution in [0, 0.1) is 0 Å². The van der Waals surface area contributed by atoms with E-state index in [1.54, 1.807) is 0 Å². The molecule has 0 saturated heterocycles. The highest BCUT2D eigenvalue weighted by Crippen LogP contribution is 2.44. The quantitative estimate of drug-likeness (QED) is 0.528. The zero-order valence-corrected chi connectivity index (χ0v) is 12.2. The van der Waals surface area contributed by atoms with Gasteiger partial charge < -0.3 is 20.1 Å². The van der Waals surface area contributed by atoms with Crippen molar-refractivity contribution in [2.75, 3.05) is 6.61 Å². The number of carbonyl (C=O) groups is 1. The largest absolute Gasteiger partial charge is 0.504 e. The summed E-state index contributed by atoms with van der Waals surface area (Å²) < 4.78 is 5.55. The second kappa shape index (κ2) is 7.03. The van der Waals surface area contributed by atoms with Gasteiger partial charge in [0, 0.05) is 5.56 Å². The van der Waals surface area contributed by atoms with Crippen LogP contribution < -0.4 is 4.74 Å². The maximum absolute atomic E-state index is 11.3. The van der Waals surface area contributed by atoms with Crippen LogP contribution >= 0.6 is 0 Å². The predicted molar refractivity (Wildman–Crippen MR) is 75.9 cm³/mol. The first kappa shape index (κ1) is 16.1. The van der Waals surface area contributed by atoms with E-state index in [1.165, 1.54) is 0 Å². The van der Waals surface area contributed by atoms with Gasteiger partial charge in [-0.3, -0.25) is 0 Å². The third kappa shape index (κ3) is 2.98. The zero-order chi connectivity index (χ0) is 15.3. The molecular formula is C15H22O5. The van der Waals surface area contributed by atoms with E-state index in [-0.39, 0.29) is 11.3 Å². The van der Waals surface area contributed by atoms with Gasteiger partial charge in [0.15, 0.2) is 11.5 Å². The SMILES string of the molecule is CCCCOc1c(O)c(O)c(C(=O)O)c(CC)c1CC. The Morgan fingerprint density at radius 3 is 2.10 bits per heavy atom. The average molecular weight is 282 g/mol. The van der Waals surface area contributed by atoms with E-state index in [4.69, 9.17) is 4.74 Å². The van der Waals surface area contributed by atoms with E-state index in [1.807, 2.05) is 20.8 Å². The molecule has 0 aliphatic rings. The second-order valence-electron chi connectivity index (χ2n) is 4.57. The number of hydrogen-bond acceptors (Lipinski definition) is 4. The molecule has 0 aromatic heterocycles. The molecule has 5 nitrogen and oxygen atoms in total. The minimum atomic E-state index is -1.25. The molecule has 112 valence electrons. The minimum absolute atomic E-state index is 0.209. The Kier molecular flexibility index (Phi) is 5.67. The van der Waals surface area contributed by atoms with Crippen molar-refractivity contribution in [1.82, 2.24) is 0 Å². The van der Waals surface area contributed by atoms with Crippen LogP contribution in [-0.2, 0) is 12.8 Å². The molecule has 0 bridgehead atoms. The Hall–Kier alpha value is -1.91. The molecule has 3 N–H and O–H groups in total. The van der Waals surface area contributed by atoms with Crippen LogP contribution in [0.5, 0.6) is 17.2 Å². The fourth-order valence-electron chi connectivity index (χ4n) is 2.27. The molecule has 20 heavy (non-hydrogen) atoms. The summed E-state index contributed by atoms with van der Waals surface area (Å²) in [4.78, 5) is 11.3. The Labute approximate surface area is 118 Å². The maximum atomic E-state index is 11.3. The van der Waals surface area contributed by atoms with E-state index >= 15 is 0 Å². The van der Waals surface area contributed by atoms with Gasteiger partial charge in [-0.1, -0.05) is 27.2 Å². The van der Waals surface area contributed by atoms with Crippen molar-refractivity contribution >= 4 is 5.97 Å². The first-order valence-electron chi connectivity index (χ1n) is 6.95. The number of phenolic OH excluding ortho intramolecular Hbond substituents is 1. The van der Waals surface area contributed by atoms with Crippen LogP contribution in [0.2, 0.25) is 0 Å². The lowest BCUT2D eigenvalue weighted by Crippen LogP contribution is -2.09. The summed E-state index contributed by atoms with van der Waals surface area (Å²) in [5.74, 6) is -2.13. The molecule has 1 aromatic rings. The van der Waals surface area contributed by atoms with Gasteiger partial charge in [-0.05, 0) is 24.8 Å². The number of phenols is 2. The van der Waals surface area contributed by atoms with Crippen molar-refractivity contribution in [2.24, 2.45) is 0 Å². The topological polar surface area (TPSA) is 87.0 Å². The van der Waals surface area contributed by atoms with Gasteiger partial charge in [0.25, 0.3) is 0 Å². The molecule has 0 amide bonds. The molecule has 0 fully saturated rings. The van der Waals surface area contributed by atoms with Gasteiger partial charge in [0.05, 0.1) is 6.61 Å². The monoisotopic (exact) mass is 282 g/mol. The fraction of sp³-hybridized carbons (Fsp3) is 0.533. The number of aromatic hydroxyl groups is 2. The van der Waals surface area contributed by atoms with Crippen molar-refractivity contribution in [3.8, 4) is 17.2 Å². The van der Waals surface area contributed by atoms with Crippen LogP contribution in [0.3, 0.4) is 0 Å². The highest BCUT2D eigenvalue weighted by Gasteiger charge is 2.26. The van der Waals surface area contributed by atoms with Crippen molar-refractivity contribution in [2.45, 2.75) is 46.5 Å². The van der Waals surface area contributed by atoms with Crippen molar-refractivity contribution in [3.05, 3.63) is 16.7 Å². The second-order valence-corrected chi connectivity index (χ2v) is 4.57. The molecule has 5 heteroatoms. The molecule has 0 aliphatic heterocycles. The van der Waals surface area contributed by atoms with E-state index in [0.717, 1.165) is 12.8 Å². The highest BCUT2D eigenvalue weighted by atomic mass is 16.5. The molecule has 0 unspecified atom stereocenters. The van der Waals surface area contributed by atoms with Crippen LogP contribution in [-0.4, -0.2) is 27.9 Å². The summed E-state index contributed by atoms with van der Waals surface area (Å²) in [6, 6.07) is 0. The van der Waals surface area contributed by atoms with Gasteiger partial charge in [-0.2, -0.15) is 0 Å². The zero-order valence-electron chi connectivity index (χ0n) is 12.2. The van der Waals surface area contributed by atoms with Crippen LogP contribution in [0.1, 0.15) is 55.1 Å². The van der Waals surface area contributed by atoms with Crippen LogP contribution in [0.4, 0.5) is 0 Å². The number of carboxylic acids is 1. The molecule has 0 aliphatic carbocycles. The third-order valence-corrected chi connectivity index (χ3v) is 3.28. The number of benzene rings is 1. The summed E-state index contributed by atoms with van der Waals surface area (Å²) in [6.45, 7) is 6.12. The smallest absolute Gasteiger partial charge is 0.339 e. The lowest BCUT2D eigenvalue weighted by atomic mass is 9.94. The van der Waals surface area contributed by atoms with E-state index in [0.29, 0.717) is 30.6 Å². The molecule has 0 atom stereocenters. The number of unbranched alkanes of at least 4 members (excludes halogenated alkanes) is 1. The molecule has 0 radical (unpaired) electrons. The molecule has 0 spiro atoms. The summed E-state index contributed by atoms with van der Waals surface area (Å²) in [5, 5.41) is 29.2. The minimum Gasteiger partial charge on any atom is -0.504 e. The number of ether oxygens (including phenoxy) is 1. The molecule has 1 rings (SSSR count). The van der Waals surface area contributed by atoms with Crippen LogP contribution in [0.15, 0.2) is 0 Å². The number of rotatable bonds is 7. The van der Waals surface area contributed by atoms with Crippen molar-refractivity contribution < 1.29 is 24.9 Å². The lowest BCUT2D eigenvalue weighted by Gasteiger charge is -2.19. The molecule has 0 heterocycles. The first-order chi connectivity index (χ1) is 9.49. The molecular weight excluding hydrogens is 260 g/mol. The van der Waals surface area contributed by atoms with Gasteiger partial charge in [0.1, 0.15) is 5.56 Å². The lowest BCUT2D eigenvalue weighted by molar-refractivity contribution is 0.0691. The summed E-state index contributed by atoms with van der Waals surface area (Å²) in [5.41, 5.74) is 0.933. The van der Waals surface area contributed by atoms with E-state index in [2.05, 4.69) is 0 Å². The third-order valence-electron chi connectivity index (χ3n) is 3.28. The van der Waals surface area contributed by atoms with Crippen LogP contribution in [0.25, 0.3) is 0 Å². The highest BCUT2D eigenvalue weighted by molar-refractivity contribution is 5.95. The standard InChI is InChI=1S/C15H22O5/c1-4-7-8-20-14-10(6-3)9(5-2)11(15(18)19)12(16)13(14)17/h16-17H,4-8H2,1-3H3,(H,18,19). The maximum Gasteiger partial charge on any atom is 0.339 e.